The van der Waals surface area contributed by atoms with E-state index in [0.717, 1.165) is 18.6 Å². The third kappa shape index (κ3) is 4.09. The zero-order valence-corrected chi connectivity index (χ0v) is 17.6. The zero-order chi connectivity index (χ0) is 20.7. The Morgan fingerprint density at radius 2 is 1.50 bits per heavy atom. The summed E-state index contributed by atoms with van der Waals surface area (Å²) in [5.74, 6) is -1.87. The van der Waals surface area contributed by atoms with E-state index in [1.54, 1.807) is 0 Å². The van der Waals surface area contributed by atoms with Crippen LogP contribution in [0.25, 0.3) is 0 Å². The second-order valence-electron chi connectivity index (χ2n) is 7.42. The summed E-state index contributed by atoms with van der Waals surface area (Å²) in [5.41, 5.74) is -0.316. The van der Waals surface area contributed by atoms with Crippen LogP contribution in [-0.4, -0.2) is 81.4 Å². The van der Waals surface area contributed by atoms with Gasteiger partial charge in [0.05, 0.1) is 11.2 Å². The van der Waals surface area contributed by atoms with Gasteiger partial charge in [-0.2, -0.15) is 4.31 Å². The lowest BCUT2D eigenvalue weighted by Gasteiger charge is -2.45. The maximum absolute atomic E-state index is 13.4. The largest absolute Gasteiger partial charge is 0.294 e. The van der Waals surface area contributed by atoms with E-state index in [-0.39, 0.29) is 18.6 Å². The van der Waals surface area contributed by atoms with Crippen molar-refractivity contribution in [1.82, 2.24) is 13.5 Å². The monoisotopic (exact) mass is 437 g/mol. The highest BCUT2D eigenvalue weighted by Gasteiger charge is 2.45. The van der Waals surface area contributed by atoms with Crippen LogP contribution < -0.4 is 0 Å². The van der Waals surface area contributed by atoms with Gasteiger partial charge in [0, 0.05) is 50.9 Å². The lowest BCUT2D eigenvalue weighted by molar-refractivity contribution is 0.0600. The quantitative estimate of drug-likeness (QED) is 0.689. The molecule has 0 radical (unpaired) electrons. The van der Waals surface area contributed by atoms with E-state index in [1.165, 1.54) is 14.9 Å². The van der Waals surface area contributed by atoms with E-state index in [9.17, 15) is 25.6 Å². The fourth-order valence-corrected chi connectivity index (χ4v) is 6.46. The molecule has 2 aliphatic heterocycles. The molecule has 7 nitrogen and oxygen atoms in total. The minimum absolute atomic E-state index is 0.182. The first-order valence-electron chi connectivity index (χ1n) is 9.14. The molecule has 28 heavy (non-hydrogen) atoms. The molecule has 1 atom stereocenters. The molecule has 0 N–H and O–H groups in total. The number of halogens is 2. The maximum Gasteiger partial charge on any atom is 0.243 e. The van der Waals surface area contributed by atoms with Crippen molar-refractivity contribution in [3.05, 3.63) is 29.8 Å². The molecule has 2 fully saturated rings. The number of benzene rings is 1. The molecule has 0 bridgehead atoms. The van der Waals surface area contributed by atoms with Crippen molar-refractivity contribution in [2.45, 2.75) is 30.2 Å². The molecule has 0 spiro atoms. The lowest BCUT2D eigenvalue weighted by atomic mass is 9.92. The van der Waals surface area contributed by atoms with Crippen LogP contribution in [0.4, 0.5) is 8.78 Å². The summed E-state index contributed by atoms with van der Waals surface area (Å²) in [6, 6.07) is 2.27. The highest BCUT2D eigenvalue weighted by molar-refractivity contribution is 7.89. The number of hydrogen-bond donors (Lipinski definition) is 0. The maximum atomic E-state index is 13.4. The van der Waals surface area contributed by atoms with E-state index >= 15 is 0 Å². The van der Waals surface area contributed by atoms with Gasteiger partial charge in [-0.15, -0.1) is 0 Å². The fraction of sp³-hybridized carbons (Fsp3) is 0.647. The van der Waals surface area contributed by atoms with Crippen molar-refractivity contribution >= 4 is 20.0 Å². The van der Waals surface area contributed by atoms with Gasteiger partial charge in [0.15, 0.2) is 0 Å². The van der Waals surface area contributed by atoms with Crippen molar-refractivity contribution in [1.29, 1.82) is 0 Å². The highest BCUT2D eigenvalue weighted by atomic mass is 32.2. The second kappa shape index (κ2) is 7.60. The first-order valence-corrected chi connectivity index (χ1v) is 12.4. The van der Waals surface area contributed by atoms with Gasteiger partial charge < -0.3 is 0 Å². The van der Waals surface area contributed by atoms with Crippen molar-refractivity contribution in [2.24, 2.45) is 0 Å². The summed E-state index contributed by atoms with van der Waals surface area (Å²) < 4.78 is 78.8. The summed E-state index contributed by atoms with van der Waals surface area (Å²) in [7, 11) is -7.27. The Morgan fingerprint density at radius 1 is 0.929 bits per heavy atom. The molecule has 0 amide bonds. The average Bonchev–Trinajstić information content (AvgIpc) is 3.07. The van der Waals surface area contributed by atoms with E-state index < -0.39 is 36.6 Å². The Bertz CT molecular complexity index is 927. The van der Waals surface area contributed by atoms with Crippen molar-refractivity contribution < 1.29 is 25.6 Å². The van der Waals surface area contributed by atoms with Gasteiger partial charge in [-0.3, -0.25) is 4.90 Å². The Morgan fingerprint density at radius 3 is 1.96 bits per heavy atom. The summed E-state index contributed by atoms with van der Waals surface area (Å²) >= 11 is 0. The molecule has 2 saturated heterocycles. The van der Waals surface area contributed by atoms with Gasteiger partial charge in [0.2, 0.25) is 20.0 Å². The van der Waals surface area contributed by atoms with Gasteiger partial charge in [-0.1, -0.05) is 6.92 Å². The van der Waals surface area contributed by atoms with E-state index in [0.29, 0.717) is 38.7 Å². The summed E-state index contributed by atoms with van der Waals surface area (Å²) in [6.45, 7) is 4.08. The minimum Gasteiger partial charge on any atom is -0.294 e. The van der Waals surface area contributed by atoms with Gasteiger partial charge >= 0.3 is 0 Å². The van der Waals surface area contributed by atoms with Crippen LogP contribution in [0.2, 0.25) is 0 Å². The van der Waals surface area contributed by atoms with Gasteiger partial charge in [-0.25, -0.2) is 29.9 Å². The Kier molecular flexibility index (Phi) is 5.85. The standard InChI is InChI=1S/C17H25F2N3O4S2/c1-3-17(4-5-22(13-17)27(2,23)24)20-6-8-21(9-7-20)28(25,26)16-11-14(18)10-15(19)12-16/h10-12H,3-9,13H2,1-2H3/t17-/m1/s1. The van der Waals surface area contributed by atoms with Crippen molar-refractivity contribution in [3.63, 3.8) is 0 Å². The second-order valence-corrected chi connectivity index (χ2v) is 11.3. The Balaban J connectivity index is 1.73. The predicted molar refractivity (Wildman–Crippen MR) is 101 cm³/mol. The van der Waals surface area contributed by atoms with Crippen LogP contribution in [0, 0.1) is 11.6 Å². The molecule has 0 unspecified atom stereocenters. The summed E-state index contributed by atoms with van der Waals surface area (Å²) in [5, 5.41) is 0. The number of rotatable bonds is 5. The molecule has 1 aromatic rings. The lowest BCUT2D eigenvalue weighted by Crippen LogP contribution is -2.58. The molecule has 3 rings (SSSR count). The van der Waals surface area contributed by atoms with Crippen LogP contribution in [0.15, 0.2) is 23.1 Å². The topological polar surface area (TPSA) is 78.0 Å². The Hall–Kier alpha value is -1.14. The summed E-state index contributed by atoms with van der Waals surface area (Å²) in [4.78, 5) is 1.75. The third-order valence-corrected chi connectivity index (χ3v) is 8.93. The molecular formula is C17H25F2N3O4S2. The molecule has 0 aliphatic carbocycles. The normalized spacial score (nSPS) is 26.0. The number of nitrogens with zero attached hydrogens (tertiary/aromatic N) is 3. The third-order valence-electron chi connectivity index (χ3n) is 5.81. The zero-order valence-electron chi connectivity index (χ0n) is 15.9. The molecule has 0 saturated carbocycles. The summed E-state index contributed by atoms with van der Waals surface area (Å²) in [6.07, 6.45) is 2.64. The molecule has 1 aromatic carbocycles. The van der Waals surface area contributed by atoms with Crippen LogP contribution >= 0.6 is 0 Å². The van der Waals surface area contributed by atoms with Gasteiger partial charge in [-0.05, 0) is 25.0 Å². The minimum atomic E-state index is -3.99. The highest BCUT2D eigenvalue weighted by Crippen LogP contribution is 2.34. The molecule has 2 aliphatic rings. The molecule has 158 valence electrons. The van der Waals surface area contributed by atoms with Gasteiger partial charge in [0.25, 0.3) is 0 Å². The number of hydrogen-bond acceptors (Lipinski definition) is 5. The van der Waals surface area contributed by atoms with Crippen LogP contribution in [0.3, 0.4) is 0 Å². The van der Waals surface area contributed by atoms with E-state index in [4.69, 9.17) is 0 Å². The molecule has 11 heteroatoms. The predicted octanol–water partition coefficient (Wildman–Crippen LogP) is 1.09. The average molecular weight is 438 g/mol. The smallest absolute Gasteiger partial charge is 0.243 e. The number of sulfonamides is 2. The van der Waals surface area contributed by atoms with Crippen LogP contribution in [0.5, 0.6) is 0 Å². The molecule has 2 heterocycles. The Labute approximate surface area is 165 Å². The van der Waals surface area contributed by atoms with E-state index in [1.807, 2.05) is 6.92 Å². The number of piperazine rings is 1. The van der Waals surface area contributed by atoms with Gasteiger partial charge in [0.1, 0.15) is 11.6 Å². The van der Waals surface area contributed by atoms with Crippen molar-refractivity contribution in [2.75, 3.05) is 45.5 Å². The van der Waals surface area contributed by atoms with E-state index in [2.05, 4.69) is 4.90 Å². The van der Waals surface area contributed by atoms with Crippen LogP contribution in [-0.2, 0) is 20.0 Å². The molecular weight excluding hydrogens is 412 g/mol. The first kappa shape index (κ1) is 21.6. The SMILES string of the molecule is CC[C@@]1(N2CCN(S(=O)(=O)c3cc(F)cc(F)c3)CC2)CCN(S(C)(=O)=O)C1. The molecule has 0 aromatic heterocycles. The van der Waals surface area contributed by atoms with Crippen LogP contribution in [0.1, 0.15) is 19.8 Å². The fourth-order valence-electron chi connectivity index (χ4n) is 4.10. The van der Waals surface area contributed by atoms with Crippen molar-refractivity contribution in [3.8, 4) is 0 Å². The first-order chi connectivity index (χ1) is 13.0.